The Balaban J connectivity index is 2.12. The molecule has 0 atom stereocenters. The van der Waals surface area contributed by atoms with Gasteiger partial charge in [0.05, 0.1) is 10.2 Å². The third kappa shape index (κ3) is 1.58. The number of rotatable bonds is 2. The lowest BCUT2D eigenvalue weighted by molar-refractivity contribution is 0.275. The summed E-state index contributed by atoms with van der Waals surface area (Å²) in [6, 6.07) is 0.638. The Morgan fingerprint density at radius 3 is 2.57 bits per heavy atom. The monoisotopic (exact) mass is 206 g/mol. The minimum Gasteiger partial charge on any atom is -0.385 e. The highest BCUT2D eigenvalue weighted by Crippen LogP contribution is 2.30. The molecule has 1 aliphatic carbocycles. The van der Waals surface area contributed by atoms with Crippen LogP contribution in [0.4, 0.5) is 0 Å². The molecule has 75 valence electrons. The second kappa shape index (κ2) is 3.77. The average molecular weight is 206 g/mol. The van der Waals surface area contributed by atoms with Gasteiger partial charge in [-0.2, -0.15) is 0 Å². The molecule has 0 bridgehead atoms. The molecule has 0 aromatic rings. The molecule has 0 aromatic carbocycles. The summed E-state index contributed by atoms with van der Waals surface area (Å²) in [5.74, 6) is 0.830. The van der Waals surface area contributed by atoms with Crippen molar-refractivity contribution in [3.05, 3.63) is 11.4 Å². The fourth-order valence-electron chi connectivity index (χ4n) is 2.50. The summed E-state index contributed by atoms with van der Waals surface area (Å²) < 4.78 is 0. The molecule has 1 fully saturated rings. The van der Waals surface area contributed by atoms with Crippen LogP contribution < -0.4 is 5.73 Å². The van der Waals surface area contributed by atoms with Crippen molar-refractivity contribution >= 4 is 15.6 Å². The van der Waals surface area contributed by atoms with Crippen LogP contribution >= 0.6 is 0 Å². The predicted octanol–water partition coefficient (Wildman–Crippen LogP) is 0.951. The van der Waals surface area contributed by atoms with Gasteiger partial charge in [0.25, 0.3) is 0 Å². The lowest BCUT2D eigenvalue weighted by Gasteiger charge is -2.26. The Morgan fingerprint density at radius 2 is 2.07 bits per heavy atom. The predicted molar refractivity (Wildman–Crippen MR) is 58.3 cm³/mol. The van der Waals surface area contributed by atoms with E-state index < -0.39 is 0 Å². The molecule has 1 aliphatic heterocycles. The summed E-state index contributed by atoms with van der Waals surface area (Å²) in [4.78, 5) is 2.29. The second-order valence-corrected chi connectivity index (χ2v) is 4.62. The molecular weight excluding hydrogens is 190 g/mol. The Kier molecular flexibility index (Phi) is 2.63. The van der Waals surface area contributed by atoms with Crippen molar-refractivity contribution in [2.24, 2.45) is 5.73 Å². The van der Waals surface area contributed by atoms with Gasteiger partial charge in [0.1, 0.15) is 5.82 Å². The van der Waals surface area contributed by atoms with E-state index in [-0.39, 0.29) is 0 Å². The number of nitrogens with one attached hydrogen (secondary N) is 1. The molecule has 3 radical (unpaired) electrons. The SMILES string of the molecule is N=C([Si])C1=C(N)N(C2CCCC2)CC1. The van der Waals surface area contributed by atoms with Gasteiger partial charge in [-0.3, -0.25) is 0 Å². The Hall–Kier alpha value is -0.773. The van der Waals surface area contributed by atoms with Gasteiger partial charge in [0.2, 0.25) is 0 Å². The molecule has 2 aliphatic rings. The molecule has 3 nitrogen and oxygen atoms in total. The van der Waals surface area contributed by atoms with Gasteiger partial charge in [-0.1, -0.05) is 12.8 Å². The Bertz CT molecular complexity index is 279. The molecule has 3 N–H and O–H groups in total. The van der Waals surface area contributed by atoms with Crippen molar-refractivity contribution in [2.45, 2.75) is 38.1 Å². The third-order valence-corrected chi connectivity index (χ3v) is 3.59. The van der Waals surface area contributed by atoms with Gasteiger partial charge in [0.15, 0.2) is 0 Å². The van der Waals surface area contributed by atoms with Gasteiger partial charge in [-0.05, 0) is 19.3 Å². The molecule has 14 heavy (non-hydrogen) atoms. The first kappa shape index (κ1) is 9.77. The highest BCUT2D eigenvalue weighted by atomic mass is 28.1. The van der Waals surface area contributed by atoms with Gasteiger partial charge in [0, 0.05) is 23.5 Å². The topological polar surface area (TPSA) is 53.1 Å². The lowest BCUT2D eigenvalue weighted by Crippen LogP contribution is -2.33. The molecule has 0 aromatic heterocycles. The van der Waals surface area contributed by atoms with E-state index in [1.165, 1.54) is 25.7 Å². The zero-order valence-corrected chi connectivity index (χ0v) is 9.34. The van der Waals surface area contributed by atoms with Crippen LogP contribution in [0.15, 0.2) is 11.4 Å². The van der Waals surface area contributed by atoms with E-state index in [9.17, 15) is 0 Å². The van der Waals surface area contributed by atoms with Crippen molar-refractivity contribution in [3.8, 4) is 0 Å². The fourth-order valence-corrected chi connectivity index (χ4v) is 2.76. The average Bonchev–Trinajstić information content (AvgIpc) is 2.71. The minimum atomic E-state index is 0.447. The van der Waals surface area contributed by atoms with Gasteiger partial charge >= 0.3 is 0 Å². The van der Waals surface area contributed by atoms with Crippen LogP contribution in [0.1, 0.15) is 32.1 Å². The first-order valence-corrected chi connectivity index (χ1v) is 5.76. The molecule has 0 amide bonds. The molecule has 1 saturated carbocycles. The first-order valence-electron chi connectivity index (χ1n) is 5.26. The fraction of sp³-hybridized carbons (Fsp3) is 0.700. The molecule has 0 spiro atoms. The summed E-state index contributed by atoms with van der Waals surface area (Å²) >= 11 is 0. The lowest BCUT2D eigenvalue weighted by atomic mass is 10.2. The molecule has 0 unspecified atom stereocenters. The molecule has 4 heteroatoms. The van der Waals surface area contributed by atoms with Crippen molar-refractivity contribution in [1.82, 2.24) is 4.90 Å². The Labute approximate surface area is 88.3 Å². The van der Waals surface area contributed by atoms with E-state index in [2.05, 4.69) is 15.1 Å². The van der Waals surface area contributed by atoms with Crippen LogP contribution in [0.2, 0.25) is 0 Å². The van der Waals surface area contributed by atoms with E-state index in [0.717, 1.165) is 24.4 Å². The summed E-state index contributed by atoms with van der Waals surface area (Å²) in [6.45, 7) is 0.999. The molecular formula is C10H16N3Si. The highest BCUT2D eigenvalue weighted by Gasteiger charge is 2.29. The zero-order valence-electron chi connectivity index (χ0n) is 8.34. The van der Waals surface area contributed by atoms with Crippen LogP contribution in [0.3, 0.4) is 0 Å². The van der Waals surface area contributed by atoms with E-state index in [4.69, 9.17) is 11.1 Å². The van der Waals surface area contributed by atoms with E-state index >= 15 is 0 Å². The quantitative estimate of drug-likeness (QED) is 0.522. The van der Waals surface area contributed by atoms with Gasteiger partial charge in [-0.25, -0.2) is 0 Å². The normalized spacial score (nSPS) is 23.6. The van der Waals surface area contributed by atoms with Crippen LogP contribution in [0.25, 0.3) is 0 Å². The maximum absolute atomic E-state index is 7.53. The van der Waals surface area contributed by atoms with E-state index in [0.29, 0.717) is 11.4 Å². The highest BCUT2D eigenvalue weighted by molar-refractivity contribution is 6.63. The van der Waals surface area contributed by atoms with E-state index in [1.54, 1.807) is 0 Å². The van der Waals surface area contributed by atoms with Crippen LogP contribution in [0.5, 0.6) is 0 Å². The van der Waals surface area contributed by atoms with Crippen LogP contribution in [0, 0.1) is 5.41 Å². The summed E-state index contributed by atoms with van der Waals surface area (Å²) in [5, 5.41) is 7.98. The molecule has 0 saturated heterocycles. The maximum Gasteiger partial charge on any atom is 0.104 e. The summed E-state index contributed by atoms with van der Waals surface area (Å²) in [5.41, 5.74) is 7.02. The number of hydrogen-bond acceptors (Lipinski definition) is 3. The Morgan fingerprint density at radius 1 is 1.43 bits per heavy atom. The van der Waals surface area contributed by atoms with Crippen molar-refractivity contribution in [1.29, 1.82) is 5.41 Å². The largest absolute Gasteiger partial charge is 0.385 e. The third-order valence-electron chi connectivity index (χ3n) is 3.29. The van der Waals surface area contributed by atoms with Crippen molar-refractivity contribution < 1.29 is 0 Å². The minimum absolute atomic E-state index is 0.447. The second-order valence-electron chi connectivity index (χ2n) is 4.12. The maximum atomic E-state index is 7.53. The van der Waals surface area contributed by atoms with Crippen LogP contribution in [-0.4, -0.2) is 33.1 Å². The zero-order chi connectivity index (χ0) is 10.1. The summed E-state index contributed by atoms with van der Waals surface area (Å²) in [7, 11) is 3.25. The van der Waals surface area contributed by atoms with E-state index in [1.807, 2.05) is 0 Å². The van der Waals surface area contributed by atoms with Crippen molar-refractivity contribution in [2.75, 3.05) is 6.54 Å². The van der Waals surface area contributed by atoms with Gasteiger partial charge in [-0.15, -0.1) is 0 Å². The number of nitrogens with two attached hydrogens (primary N) is 1. The molecule has 2 rings (SSSR count). The summed E-state index contributed by atoms with van der Waals surface area (Å²) in [6.07, 6.45) is 6.11. The molecule has 1 heterocycles. The number of nitrogens with zero attached hydrogens (tertiary/aromatic N) is 1. The first-order chi connectivity index (χ1) is 6.70. The van der Waals surface area contributed by atoms with Crippen molar-refractivity contribution in [3.63, 3.8) is 0 Å². The standard InChI is InChI=1S/C10H16N3Si/c11-9-8(10(12)14)5-6-13(9)7-3-1-2-4-7/h7,12H,1-6,11H2. The van der Waals surface area contributed by atoms with Gasteiger partial charge < -0.3 is 16.0 Å². The van der Waals surface area contributed by atoms with Crippen LogP contribution in [-0.2, 0) is 0 Å². The smallest absolute Gasteiger partial charge is 0.104 e. The number of hydrogen-bond donors (Lipinski definition) is 2.